The van der Waals surface area contributed by atoms with Crippen LogP contribution in [0.2, 0.25) is 0 Å². The standard InChI is InChI=1S/C19H31N3O2/c20-18-2-1-8-22(9-7-18)16-17-3-5-19(6-4-17)24-15-12-21-10-13-23-14-11-21/h3-6,18H,1-2,7-16,20H2/t18-/m0/s1. The molecule has 2 heterocycles. The number of hydrogen-bond acceptors (Lipinski definition) is 5. The molecule has 2 saturated heterocycles. The number of likely N-dealkylation sites (tertiary alicyclic amines) is 1. The first kappa shape index (κ1) is 17.7. The van der Waals surface area contributed by atoms with Crippen LogP contribution in [0, 0.1) is 0 Å². The minimum Gasteiger partial charge on any atom is -0.492 e. The minimum atomic E-state index is 0.386. The summed E-state index contributed by atoms with van der Waals surface area (Å²) in [5.41, 5.74) is 7.41. The van der Waals surface area contributed by atoms with Crippen molar-refractivity contribution in [3.05, 3.63) is 29.8 Å². The highest BCUT2D eigenvalue weighted by molar-refractivity contribution is 5.27. The number of rotatable bonds is 6. The number of nitrogens with two attached hydrogens (primary N) is 1. The maximum Gasteiger partial charge on any atom is 0.119 e. The molecule has 5 heteroatoms. The maximum atomic E-state index is 6.06. The van der Waals surface area contributed by atoms with E-state index in [4.69, 9.17) is 15.2 Å². The van der Waals surface area contributed by atoms with E-state index in [9.17, 15) is 0 Å². The molecule has 24 heavy (non-hydrogen) atoms. The van der Waals surface area contributed by atoms with Crippen molar-refractivity contribution in [1.29, 1.82) is 0 Å². The fraction of sp³-hybridized carbons (Fsp3) is 0.684. The number of hydrogen-bond donors (Lipinski definition) is 1. The lowest BCUT2D eigenvalue weighted by atomic mass is 10.1. The molecule has 2 aliphatic heterocycles. The van der Waals surface area contributed by atoms with Gasteiger partial charge >= 0.3 is 0 Å². The lowest BCUT2D eigenvalue weighted by molar-refractivity contribution is 0.0322. The molecule has 2 aliphatic rings. The monoisotopic (exact) mass is 333 g/mol. The molecule has 2 N–H and O–H groups in total. The molecule has 0 radical (unpaired) electrons. The van der Waals surface area contributed by atoms with Gasteiger partial charge in [0.25, 0.3) is 0 Å². The highest BCUT2D eigenvalue weighted by Crippen LogP contribution is 2.16. The summed E-state index contributed by atoms with van der Waals surface area (Å²) in [5.74, 6) is 0.963. The smallest absolute Gasteiger partial charge is 0.119 e. The molecule has 1 atom stereocenters. The van der Waals surface area contributed by atoms with Crippen molar-refractivity contribution in [3.8, 4) is 5.75 Å². The summed E-state index contributed by atoms with van der Waals surface area (Å²) in [7, 11) is 0. The lowest BCUT2D eigenvalue weighted by Gasteiger charge is -2.26. The Morgan fingerprint density at radius 2 is 1.79 bits per heavy atom. The molecule has 0 aliphatic carbocycles. The van der Waals surface area contributed by atoms with Gasteiger partial charge < -0.3 is 15.2 Å². The number of ether oxygens (including phenoxy) is 2. The number of nitrogens with zero attached hydrogens (tertiary/aromatic N) is 2. The van der Waals surface area contributed by atoms with Crippen molar-refractivity contribution in [2.45, 2.75) is 31.8 Å². The van der Waals surface area contributed by atoms with Crippen LogP contribution in [0.5, 0.6) is 5.75 Å². The van der Waals surface area contributed by atoms with E-state index < -0.39 is 0 Å². The molecule has 0 saturated carbocycles. The Labute approximate surface area is 145 Å². The second kappa shape index (κ2) is 9.37. The third-order valence-electron chi connectivity index (χ3n) is 4.97. The topological polar surface area (TPSA) is 51.0 Å². The minimum absolute atomic E-state index is 0.386. The Hall–Kier alpha value is -1.14. The van der Waals surface area contributed by atoms with Crippen LogP contribution in [0.15, 0.2) is 24.3 Å². The fourth-order valence-corrected chi connectivity index (χ4v) is 3.41. The Morgan fingerprint density at radius 1 is 1.00 bits per heavy atom. The van der Waals surface area contributed by atoms with Crippen LogP contribution in [0.3, 0.4) is 0 Å². The predicted octanol–water partition coefficient (Wildman–Crippen LogP) is 1.71. The molecule has 1 aromatic rings. The van der Waals surface area contributed by atoms with Gasteiger partial charge in [0.15, 0.2) is 0 Å². The van der Waals surface area contributed by atoms with Gasteiger partial charge in [0.1, 0.15) is 12.4 Å². The average Bonchev–Trinajstić information content (AvgIpc) is 2.82. The molecule has 0 unspecified atom stereocenters. The largest absolute Gasteiger partial charge is 0.492 e. The van der Waals surface area contributed by atoms with Crippen LogP contribution < -0.4 is 10.5 Å². The number of morpholine rings is 1. The average molecular weight is 333 g/mol. The summed E-state index contributed by atoms with van der Waals surface area (Å²) in [6.07, 6.45) is 3.49. The fourth-order valence-electron chi connectivity index (χ4n) is 3.41. The van der Waals surface area contributed by atoms with Gasteiger partial charge in [-0.15, -0.1) is 0 Å². The summed E-state index contributed by atoms with van der Waals surface area (Å²) in [5, 5.41) is 0. The SMILES string of the molecule is N[C@H]1CCCN(Cc2ccc(OCCN3CCOCC3)cc2)CC1. The summed E-state index contributed by atoms with van der Waals surface area (Å²) in [6, 6.07) is 8.96. The van der Waals surface area contributed by atoms with Gasteiger partial charge in [0.2, 0.25) is 0 Å². The van der Waals surface area contributed by atoms with E-state index in [0.29, 0.717) is 6.04 Å². The molecule has 3 rings (SSSR count). The molecule has 1 aromatic carbocycles. The van der Waals surface area contributed by atoms with Crippen molar-refractivity contribution >= 4 is 0 Å². The zero-order valence-electron chi connectivity index (χ0n) is 14.7. The first-order chi connectivity index (χ1) is 11.8. The van der Waals surface area contributed by atoms with E-state index in [-0.39, 0.29) is 0 Å². The van der Waals surface area contributed by atoms with Gasteiger partial charge in [-0.1, -0.05) is 12.1 Å². The third-order valence-corrected chi connectivity index (χ3v) is 4.97. The van der Waals surface area contributed by atoms with E-state index in [1.807, 2.05) is 0 Å². The molecular weight excluding hydrogens is 302 g/mol. The van der Waals surface area contributed by atoms with Crippen LogP contribution >= 0.6 is 0 Å². The molecule has 134 valence electrons. The molecule has 2 fully saturated rings. The van der Waals surface area contributed by atoms with Gasteiger partial charge in [-0.3, -0.25) is 9.80 Å². The summed E-state index contributed by atoms with van der Waals surface area (Å²) < 4.78 is 11.2. The summed E-state index contributed by atoms with van der Waals surface area (Å²) in [6.45, 7) is 8.71. The van der Waals surface area contributed by atoms with Crippen molar-refractivity contribution in [2.24, 2.45) is 5.73 Å². The quantitative estimate of drug-likeness (QED) is 0.859. The van der Waals surface area contributed by atoms with Crippen molar-refractivity contribution in [1.82, 2.24) is 9.80 Å². The molecule has 0 amide bonds. The lowest BCUT2D eigenvalue weighted by Crippen LogP contribution is -2.38. The molecular formula is C19H31N3O2. The first-order valence-electron chi connectivity index (χ1n) is 9.29. The van der Waals surface area contributed by atoms with Crippen molar-refractivity contribution < 1.29 is 9.47 Å². The van der Waals surface area contributed by atoms with Gasteiger partial charge in [-0.2, -0.15) is 0 Å². The highest BCUT2D eigenvalue weighted by Gasteiger charge is 2.14. The second-order valence-electron chi connectivity index (χ2n) is 6.91. The zero-order chi connectivity index (χ0) is 16.6. The molecule has 5 nitrogen and oxygen atoms in total. The van der Waals surface area contributed by atoms with Gasteiger partial charge in [0, 0.05) is 32.2 Å². The Kier molecular flexibility index (Phi) is 6.90. The first-order valence-corrected chi connectivity index (χ1v) is 9.29. The molecule has 0 bridgehead atoms. The third kappa shape index (κ3) is 5.74. The van der Waals surface area contributed by atoms with Gasteiger partial charge in [-0.25, -0.2) is 0 Å². The number of benzene rings is 1. The van der Waals surface area contributed by atoms with E-state index in [0.717, 1.165) is 77.7 Å². The van der Waals surface area contributed by atoms with Crippen LogP contribution in [0.4, 0.5) is 0 Å². The van der Waals surface area contributed by atoms with E-state index in [2.05, 4.69) is 34.1 Å². The van der Waals surface area contributed by atoms with E-state index in [1.54, 1.807) is 0 Å². The summed E-state index contributed by atoms with van der Waals surface area (Å²) in [4.78, 5) is 4.91. The predicted molar refractivity (Wildman–Crippen MR) is 96.3 cm³/mol. The Morgan fingerprint density at radius 3 is 2.58 bits per heavy atom. The second-order valence-corrected chi connectivity index (χ2v) is 6.91. The highest BCUT2D eigenvalue weighted by atomic mass is 16.5. The Balaban J connectivity index is 1.39. The molecule has 0 spiro atoms. The normalized spacial score (nSPS) is 23.8. The van der Waals surface area contributed by atoms with Crippen molar-refractivity contribution in [2.75, 3.05) is 52.5 Å². The van der Waals surface area contributed by atoms with Gasteiger partial charge in [0.05, 0.1) is 13.2 Å². The zero-order valence-corrected chi connectivity index (χ0v) is 14.7. The molecule has 0 aromatic heterocycles. The van der Waals surface area contributed by atoms with E-state index >= 15 is 0 Å². The Bertz CT molecular complexity index is 474. The summed E-state index contributed by atoms with van der Waals surface area (Å²) >= 11 is 0. The van der Waals surface area contributed by atoms with E-state index in [1.165, 1.54) is 12.0 Å². The maximum absolute atomic E-state index is 6.06. The van der Waals surface area contributed by atoms with Gasteiger partial charge in [-0.05, 0) is 50.0 Å². The van der Waals surface area contributed by atoms with Crippen LogP contribution in [0.25, 0.3) is 0 Å². The van der Waals surface area contributed by atoms with Crippen LogP contribution in [-0.2, 0) is 11.3 Å². The van der Waals surface area contributed by atoms with Crippen LogP contribution in [0.1, 0.15) is 24.8 Å². The van der Waals surface area contributed by atoms with Crippen LogP contribution in [-0.4, -0.2) is 68.4 Å². The van der Waals surface area contributed by atoms with Crippen molar-refractivity contribution in [3.63, 3.8) is 0 Å².